The Morgan fingerprint density at radius 3 is 2.56 bits per heavy atom. The molecule has 4 rings (SSSR count). The van der Waals surface area contributed by atoms with Gasteiger partial charge in [0.2, 0.25) is 0 Å². The minimum Gasteiger partial charge on any atom is -0.496 e. The highest BCUT2D eigenvalue weighted by Crippen LogP contribution is 2.32. The molecule has 4 nitrogen and oxygen atoms in total. The summed E-state index contributed by atoms with van der Waals surface area (Å²) in [5.41, 5.74) is 0.902. The maximum atomic E-state index is 10.6. The van der Waals surface area contributed by atoms with Crippen LogP contribution in [0.15, 0.2) is 24.3 Å². The molecule has 2 unspecified atom stereocenters. The zero-order valence-corrected chi connectivity index (χ0v) is 10.7. The lowest BCUT2D eigenvalue weighted by molar-refractivity contribution is -0.0475. The van der Waals surface area contributed by atoms with Crippen LogP contribution in [0.25, 0.3) is 0 Å². The summed E-state index contributed by atoms with van der Waals surface area (Å²) in [7, 11) is 1.66. The van der Waals surface area contributed by atoms with Crippen LogP contribution in [-0.4, -0.2) is 60.8 Å². The number of fused-ring (bicyclic) bond motifs is 3. The van der Waals surface area contributed by atoms with Gasteiger partial charge in [-0.1, -0.05) is 18.2 Å². The average molecular weight is 248 g/mol. The van der Waals surface area contributed by atoms with Crippen molar-refractivity contribution in [3.05, 3.63) is 29.8 Å². The molecule has 2 bridgehead atoms. The first kappa shape index (κ1) is 12.0. The van der Waals surface area contributed by atoms with Crippen LogP contribution in [-0.2, 0) is 0 Å². The molecule has 0 radical (unpaired) electrons. The Bertz CT molecular complexity index is 416. The lowest BCUT2D eigenvalue weighted by atomic mass is 9.96. The lowest BCUT2D eigenvalue weighted by Crippen LogP contribution is -2.62. The molecule has 1 aromatic rings. The minimum absolute atomic E-state index is 0.198. The van der Waals surface area contributed by atoms with Crippen LogP contribution in [0.5, 0.6) is 5.75 Å². The number of piperazine rings is 3. The molecule has 2 atom stereocenters. The average Bonchev–Trinajstić information content (AvgIpc) is 2.47. The number of para-hydroxylation sites is 1. The van der Waals surface area contributed by atoms with Gasteiger partial charge < -0.3 is 9.84 Å². The summed E-state index contributed by atoms with van der Waals surface area (Å²) in [4.78, 5) is 4.83. The van der Waals surface area contributed by atoms with E-state index in [2.05, 4.69) is 9.80 Å². The number of hydrogen-bond acceptors (Lipinski definition) is 4. The van der Waals surface area contributed by atoms with Crippen molar-refractivity contribution in [3.63, 3.8) is 0 Å². The highest BCUT2D eigenvalue weighted by molar-refractivity contribution is 5.36. The molecule has 4 heteroatoms. The highest BCUT2D eigenvalue weighted by atomic mass is 16.5. The molecular weight excluding hydrogens is 228 g/mol. The van der Waals surface area contributed by atoms with Crippen molar-refractivity contribution in [2.24, 2.45) is 0 Å². The molecule has 0 saturated carbocycles. The van der Waals surface area contributed by atoms with Crippen LogP contribution in [0.4, 0.5) is 0 Å². The second-order valence-corrected chi connectivity index (χ2v) is 5.09. The fraction of sp³-hybridized carbons (Fsp3) is 0.571. The quantitative estimate of drug-likeness (QED) is 0.855. The van der Waals surface area contributed by atoms with E-state index < -0.39 is 6.10 Å². The number of ether oxygens (including phenoxy) is 1. The number of nitrogens with zero attached hydrogens (tertiary/aromatic N) is 2. The summed E-state index contributed by atoms with van der Waals surface area (Å²) in [6.45, 7) is 5.36. The third-order valence-corrected chi connectivity index (χ3v) is 4.14. The summed E-state index contributed by atoms with van der Waals surface area (Å²) in [6, 6.07) is 7.96. The Hall–Kier alpha value is -1.10. The van der Waals surface area contributed by atoms with Gasteiger partial charge in [-0.05, 0) is 6.07 Å². The van der Waals surface area contributed by atoms with E-state index in [0.29, 0.717) is 0 Å². The summed E-state index contributed by atoms with van der Waals surface area (Å²) in [6.07, 6.45) is -0.468. The standard InChI is InChI=1S/C14H20N2O2/c1-18-13-5-3-2-4-11(13)14(17)12-10-15-6-8-16(12)9-7-15/h2-5,12,14,17H,6-10H2,1H3. The topological polar surface area (TPSA) is 35.9 Å². The molecular formula is C14H20N2O2. The number of aliphatic hydroxyl groups is 1. The van der Waals surface area contributed by atoms with Crippen molar-refractivity contribution in [1.82, 2.24) is 9.80 Å². The van der Waals surface area contributed by atoms with Gasteiger partial charge in [-0.2, -0.15) is 0 Å². The summed E-state index contributed by atoms with van der Waals surface area (Å²) < 4.78 is 5.35. The SMILES string of the molecule is COc1ccccc1C(O)C1CN2CCN1CC2. The maximum Gasteiger partial charge on any atom is 0.124 e. The first-order valence-corrected chi connectivity index (χ1v) is 6.57. The van der Waals surface area contributed by atoms with E-state index in [9.17, 15) is 5.11 Å². The van der Waals surface area contributed by atoms with Crippen molar-refractivity contribution >= 4 is 0 Å². The van der Waals surface area contributed by atoms with Gasteiger partial charge in [0.15, 0.2) is 0 Å². The Morgan fingerprint density at radius 1 is 1.22 bits per heavy atom. The summed E-state index contributed by atoms with van der Waals surface area (Å²) in [5.74, 6) is 0.780. The zero-order chi connectivity index (χ0) is 12.5. The van der Waals surface area contributed by atoms with Crippen molar-refractivity contribution in [2.75, 3.05) is 39.8 Å². The number of benzene rings is 1. The van der Waals surface area contributed by atoms with Crippen LogP contribution in [0.3, 0.4) is 0 Å². The molecule has 98 valence electrons. The lowest BCUT2D eigenvalue weighted by Gasteiger charge is -2.49. The number of rotatable bonds is 3. The van der Waals surface area contributed by atoms with Crippen LogP contribution < -0.4 is 4.74 Å². The first-order chi connectivity index (χ1) is 8.79. The van der Waals surface area contributed by atoms with Gasteiger partial charge in [0, 0.05) is 38.3 Å². The van der Waals surface area contributed by atoms with Gasteiger partial charge in [0.25, 0.3) is 0 Å². The normalized spacial score (nSPS) is 32.2. The molecule has 1 aromatic carbocycles. The zero-order valence-electron chi connectivity index (χ0n) is 10.7. The second kappa shape index (κ2) is 4.88. The third kappa shape index (κ3) is 2.00. The predicted octanol–water partition coefficient (Wildman–Crippen LogP) is 0.728. The van der Waals surface area contributed by atoms with E-state index in [-0.39, 0.29) is 6.04 Å². The fourth-order valence-corrected chi connectivity index (χ4v) is 3.08. The number of methoxy groups -OCH3 is 1. The molecule has 3 aliphatic rings. The monoisotopic (exact) mass is 248 g/mol. The Labute approximate surface area is 108 Å². The second-order valence-electron chi connectivity index (χ2n) is 5.09. The summed E-state index contributed by atoms with van der Waals surface area (Å²) >= 11 is 0. The van der Waals surface area contributed by atoms with Crippen LogP contribution in [0, 0.1) is 0 Å². The first-order valence-electron chi connectivity index (χ1n) is 6.57. The van der Waals surface area contributed by atoms with Crippen molar-refractivity contribution in [2.45, 2.75) is 12.1 Å². The van der Waals surface area contributed by atoms with Crippen LogP contribution >= 0.6 is 0 Å². The molecule has 1 N–H and O–H groups in total. The van der Waals surface area contributed by atoms with Crippen molar-refractivity contribution in [1.29, 1.82) is 0 Å². The summed E-state index contributed by atoms with van der Waals surface area (Å²) in [5, 5.41) is 10.6. The molecule has 0 amide bonds. The molecule has 3 heterocycles. The Balaban J connectivity index is 1.83. The van der Waals surface area contributed by atoms with Gasteiger partial charge in [-0.3, -0.25) is 9.80 Å². The van der Waals surface area contributed by atoms with Gasteiger partial charge in [-0.15, -0.1) is 0 Å². The van der Waals surface area contributed by atoms with E-state index in [1.54, 1.807) is 7.11 Å². The smallest absolute Gasteiger partial charge is 0.124 e. The Morgan fingerprint density at radius 2 is 1.94 bits per heavy atom. The van der Waals surface area contributed by atoms with E-state index in [1.165, 1.54) is 0 Å². The minimum atomic E-state index is -0.468. The van der Waals surface area contributed by atoms with E-state index in [1.807, 2.05) is 24.3 Å². The number of hydrogen-bond donors (Lipinski definition) is 1. The third-order valence-electron chi connectivity index (χ3n) is 4.14. The fourth-order valence-electron chi connectivity index (χ4n) is 3.08. The van der Waals surface area contributed by atoms with E-state index >= 15 is 0 Å². The van der Waals surface area contributed by atoms with E-state index in [4.69, 9.17) is 4.74 Å². The molecule has 3 aliphatic heterocycles. The Kier molecular flexibility index (Phi) is 3.24. The van der Waals surface area contributed by atoms with Gasteiger partial charge in [0.1, 0.15) is 5.75 Å². The predicted molar refractivity (Wildman–Crippen MR) is 69.8 cm³/mol. The molecule has 3 saturated heterocycles. The highest BCUT2D eigenvalue weighted by Gasteiger charge is 2.37. The molecule has 3 fully saturated rings. The van der Waals surface area contributed by atoms with Gasteiger partial charge in [-0.25, -0.2) is 0 Å². The number of aliphatic hydroxyl groups excluding tert-OH is 1. The largest absolute Gasteiger partial charge is 0.496 e. The van der Waals surface area contributed by atoms with Crippen LogP contribution in [0.2, 0.25) is 0 Å². The molecule has 0 spiro atoms. The van der Waals surface area contributed by atoms with Gasteiger partial charge >= 0.3 is 0 Å². The maximum absolute atomic E-state index is 10.6. The molecule has 18 heavy (non-hydrogen) atoms. The van der Waals surface area contributed by atoms with Gasteiger partial charge in [0.05, 0.1) is 19.3 Å². The molecule has 0 aliphatic carbocycles. The van der Waals surface area contributed by atoms with Crippen molar-refractivity contribution in [3.8, 4) is 5.75 Å². The van der Waals surface area contributed by atoms with Crippen LogP contribution in [0.1, 0.15) is 11.7 Å². The van der Waals surface area contributed by atoms with E-state index in [0.717, 1.165) is 44.0 Å². The van der Waals surface area contributed by atoms with Crippen molar-refractivity contribution < 1.29 is 9.84 Å². The molecule has 0 aromatic heterocycles.